The summed E-state index contributed by atoms with van der Waals surface area (Å²) >= 11 is 9.92. The van der Waals surface area contributed by atoms with Gasteiger partial charge in [0.05, 0.1) is 12.8 Å². The molecule has 3 nitrogen and oxygen atoms in total. The third-order valence-corrected chi connectivity index (χ3v) is 2.66. The standard InChI is InChI=1S/C11H14ClNO2S/c1-13(11(14)5-6-16)9-7-8(12)3-4-10(9)15-2/h3-4,7,16H,5-6H2,1-2H3. The summed E-state index contributed by atoms with van der Waals surface area (Å²) in [6.07, 6.45) is 0.384. The monoisotopic (exact) mass is 259 g/mol. The maximum absolute atomic E-state index is 11.7. The number of nitrogens with zero attached hydrogens (tertiary/aromatic N) is 1. The van der Waals surface area contributed by atoms with Gasteiger partial charge in [-0.1, -0.05) is 11.6 Å². The van der Waals surface area contributed by atoms with Crippen molar-refractivity contribution in [2.45, 2.75) is 6.42 Å². The molecule has 5 heteroatoms. The average Bonchev–Trinajstić information content (AvgIpc) is 2.28. The van der Waals surface area contributed by atoms with Crippen LogP contribution in [0.4, 0.5) is 5.69 Å². The largest absolute Gasteiger partial charge is 0.495 e. The first-order valence-electron chi connectivity index (χ1n) is 4.81. The Labute approximate surface area is 106 Å². The summed E-state index contributed by atoms with van der Waals surface area (Å²) in [6.45, 7) is 0. The topological polar surface area (TPSA) is 29.5 Å². The molecule has 0 N–H and O–H groups in total. The number of anilines is 1. The minimum Gasteiger partial charge on any atom is -0.495 e. The van der Waals surface area contributed by atoms with Crippen LogP contribution in [0.3, 0.4) is 0 Å². The third-order valence-electron chi connectivity index (χ3n) is 2.20. The molecule has 0 bridgehead atoms. The fourth-order valence-corrected chi connectivity index (χ4v) is 1.68. The van der Waals surface area contributed by atoms with E-state index < -0.39 is 0 Å². The normalized spacial score (nSPS) is 10.0. The maximum Gasteiger partial charge on any atom is 0.227 e. The lowest BCUT2D eigenvalue weighted by Gasteiger charge is -2.19. The van der Waals surface area contributed by atoms with Crippen molar-refractivity contribution in [1.82, 2.24) is 0 Å². The van der Waals surface area contributed by atoms with Crippen LogP contribution in [0.15, 0.2) is 18.2 Å². The van der Waals surface area contributed by atoms with Gasteiger partial charge in [0.2, 0.25) is 5.91 Å². The van der Waals surface area contributed by atoms with E-state index in [0.29, 0.717) is 28.6 Å². The van der Waals surface area contributed by atoms with Gasteiger partial charge in [0.25, 0.3) is 0 Å². The van der Waals surface area contributed by atoms with Gasteiger partial charge in [-0.25, -0.2) is 0 Å². The molecule has 0 saturated carbocycles. The Balaban J connectivity index is 3.01. The van der Waals surface area contributed by atoms with Crippen LogP contribution < -0.4 is 9.64 Å². The average molecular weight is 260 g/mol. The molecule has 0 aliphatic carbocycles. The Morgan fingerprint density at radius 3 is 2.81 bits per heavy atom. The van der Waals surface area contributed by atoms with Gasteiger partial charge in [-0.2, -0.15) is 12.6 Å². The molecule has 0 saturated heterocycles. The molecule has 0 unspecified atom stereocenters. The highest BCUT2D eigenvalue weighted by Gasteiger charge is 2.14. The van der Waals surface area contributed by atoms with Gasteiger partial charge in [-0.15, -0.1) is 0 Å². The highest BCUT2D eigenvalue weighted by atomic mass is 35.5. The number of ether oxygens (including phenoxy) is 1. The lowest BCUT2D eigenvalue weighted by atomic mass is 10.2. The molecular weight excluding hydrogens is 246 g/mol. The Kier molecular flexibility index (Phi) is 4.96. The minimum atomic E-state index is -0.0180. The van der Waals surface area contributed by atoms with Crippen LogP contribution in [0.2, 0.25) is 5.02 Å². The molecule has 0 aromatic heterocycles. The number of carbonyl (C=O) groups excluding carboxylic acids is 1. The Bertz CT molecular complexity index is 384. The summed E-state index contributed by atoms with van der Waals surface area (Å²) in [5.74, 6) is 1.13. The molecule has 1 amide bonds. The number of carbonyl (C=O) groups is 1. The van der Waals surface area contributed by atoms with Crippen molar-refractivity contribution in [3.8, 4) is 5.75 Å². The van der Waals surface area contributed by atoms with Gasteiger partial charge < -0.3 is 9.64 Å². The van der Waals surface area contributed by atoms with Crippen molar-refractivity contribution in [2.75, 3.05) is 24.8 Å². The second kappa shape index (κ2) is 6.01. The molecule has 0 radical (unpaired) electrons. The van der Waals surface area contributed by atoms with Gasteiger partial charge in [-0.3, -0.25) is 4.79 Å². The van der Waals surface area contributed by atoms with Crippen LogP contribution in [0.5, 0.6) is 5.75 Å². The number of rotatable bonds is 4. The minimum absolute atomic E-state index is 0.0180. The van der Waals surface area contributed by atoms with E-state index in [9.17, 15) is 4.79 Å². The van der Waals surface area contributed by atoms with Crippen LogP contribution in [0.25, 0.3) is 0 Å². The summed E-state index contributed by atoms with van der Waals surface area (Å²) in [4.78, 5) is 13.2. The fourth-order valence-electron chi connectivity index (χ4n) is 1.32. The first-order chi connectivity index (χ1) is 7.60. The Hall–Kier alpha value is -0.870. The predicted octanol–water partition coefficient (Wildman–Crippen LogP) is 2.63. The number of benzene rings is 1. The molecule has 0 fully saturated rings. The van der Waals surface area contributed by atoms with E-state index in [1.807, 2.05) is 0 Å². The van der Waals surface area contributed by atoms with E-state index in [4.69, 9.17) is 16.3 Å². The quantitative estimate of drug-likeness (QED) is 0.843. The highest BCUT2D eigenvalue weighted by molar-refractivity contribution is 7.80. The second-order valence-electron chi connectivity index (χ2n) is 3.24. The van der Waals surface area contributed by atoms with Crippen LogP contribution in [0.1, 0.15) is 6.42 Å². The van der Waals surface area contributed by atoms with Crippen molar-refractivity contribution in [2.24, 2.45) is 0 Å². The molecule has 16 heavy (non-hydrogen) atoms. The molecule has 88 valence electrons. The number of halogens is 1. The molecule has 1 aromatic carbocycles. The fraction of sp³-hybridized carbons (Fsp3) is 0.364. The molecule has 0 aliphatic rings. The van der Waals surface area contributed by atoms with Crippen LogP contribution in [-0.4, -0.2) is 25.8 Å². The zero-order valence-electron chi connectivity index (χ0n) is 9.24. The van der Waals surface area contributed by atoms with Gasteiger partial charge in [0.1, 0.15) is 5.75 Å². The van der Waals surface area contributed by atoms with Crippen molar-refractivity contribution in [3.05, 3.63) is 23.2 Å². The van der Waals surface area contributed by atoms with E-state index in [2.05, 4.69) is 12.6 Å². The maximum atomic E-state index is 11.7. The molecule has 0 heterocycles. The molecule has 1 aromatic rings. The van der Waals surface area contributed by atoms with Crippen LogP contribution in [0, 0.1) is 0 Å². The van der Waals surface area contributed by atoms with Gasteiger partial charge >= 0.3 is 0 Å². The molecule has 1 rings (SSSR count). The third kappa shape index (κ3) is 3.06. The predicted molar refractivity (Wildman–Crippen MR) is 69.9 cm³/mol. The number of hydrogen-bond acceptors (Lipinski definition) is 3. The lowest BCUT2D eigenvalue weighted by molar-refractivity contribution is -0.117. The number of methoxy groups -OCH3 is 1. The first kappa shape index (κ1) is 13.2. The van der Waals surface area contributed by atoms with Crippen molar-refractivity contribution >= 4 is 35.8 Å². The second-order valence-corrected chi connectivity index (χ2v) is 4.13. The van der Waals surface area contributed by atoms with Crippen LogP contribution >= 0.6 is 24.2 Å². The summed E-state index contributed by atoms with van der Waals surface area (Å²) in [5, 5.41) is 0.571. The molecule has 0 spiro atoms. The van der Waals surface area contributed by atoms with Crippen molar-refractivity contribution in [1.29, 1.82) is 0 Å². The summed E-state index contributed by atoms with van der Waals surface area (Å²) < 4.78 is 5.18. The smallest absolute Gasteiger partial charge is 0.227 e. The highest BCUT2D eigenvalue weighted by Crippen LogP contribution is 2.30. The molecule has 0 atom stereocenters. The van der Waals surface area contributed by atoms with Gasteiger partial charge in [0.15, 0.2) is 0 Å². The number of thiol groups is 1. The van der Waals surface area contributed by atoms with Crippen molar-refractivity contribution in [3.63, 3.8) is 0 Å². The van der Waals surface area contributed by atoms with E-state index in [1.54, 1.807) is 32.4 Å². The number of amides is 1. The Morgan fingerprint density at radius 2 is 2.25 bits per heavy atom. The zero-order valence-corrected chi connectivity index (χ0v) is 10.9. The lowest BCUT2D eigenvalue weighted by Crippen LogP contribution is -2.26. The summed E-state index contributed by atoms with van der Waals surface area (Å²) in [7, 11) is 3.25. The summed E-state index contributed by atoms with van der Waals surface area (Å²) in [6, 6.07) is 5.17. The van der Waals surface area contributed by atoms with E-state index in [1.165, 1.54) is 4.90 Å². The SMILES string of the molecule is COc1ccc(Cl)cc1N(C)C(=O)CCS. The summed E-state index contributed by atoms with van der Waals surface area (Å²) in [5.41, 5.74) is 0.668. The molecular formula is C11H14ClNO2S. The van der Waals surface area contributed by atoms with Gasteiger partial charge in [-0.05, 0) is 24.0 Å². The van der Waals surface area contributed by atoms with E-state index >= 15 is 0 Å². The van der Waals surface area contributed by atoms with Gasteiger partial charge in [0, 0.05) is 18.5 Å². The first-order valence-corrected chi connectivity index (χ1v) is 5.82. The van der Waals surface area contributed by atoms with E-state index in [-0.39, 0.29) is 5.91 Å². The van der Waals surface area contributed by atoms with E-state index in [0.717, 1.165) is 0 Å². The number of hydrogen-bond donors (Lipinski definition) is 1. The molecule has 0 aliphatic heterocycles. The zero-order chi connectivity index (χ0) is 12.1. The van der Waals surface area contributed by atoms with Crippen molar-refractivity contribution < 1.29 is 9.53 Å². The Morgan fingerprint density at radius 1 is 1.56 bits per heavy atom. The van der Waals surface area contributed by atoms with Crippen LogP contribution in [-0.2, 0) is 4.79 Å².